The van der Waals surface area contributed by atoms with Crippen LogP contribution in [-0.2, 0) is 5.75 Å². The number of hydrogen-bond acceptors (Lipinski definition) is 4. The molecule has 5 nitrogen and oxygen atoms in total. The van der Waals surface area contributed by atoms with Crippen LogP contribution >= 0.6 is 23.4 Å². The normalized spacial score (nSPS) is 11.2. The van der Waals surface area contributed by atoms with E-state index in [2.05, 4.69) is 15.2 Å². The van der Waals surface area contributed by atoms with E-state index in [1.165, 1.54) is 28.6 Å². The van der Waals surface area contributed by atoms with E-state index in [4.69, 9.17) is 11.6 Å². The molecule has 0 saturated carbocycles. The maximum Gasteiger partial charge on any atom is 0.269 e. The van der Waals surface area contributed by atoms with Crippen molar-refractivity contribution in [2.45, 2.75) is 10.9 Å². The maximum absolute atomic E-state index is 14.1. The van der Waals surface area contributed by atoms with Gasteiger partial charge in [0.15, 0.2) is 10.8 Å². The van der Waals surface area contributed by atoms with Gasteiger partial charge >= 0.3 is 0 Å². The number of benzene rings is 2. The van der Waals surface area contributed by atoms with E-state index in [1.807, 2.05) is 30.3 Å². The van der Waals surface area contributed by atoms with Crippen molar-refractivity contribution < 1.29 is 4.39 Å². The molecule has 0 unspecified atom stereocenters. The first-order valence-electron chi connectivity index (χ1n) is 7.72. The summed E-state index contributed by atoms with van der Waals surface area (Å²) < 4.78 is 15.6. The van der Waals surface area contributed by atoms with Gasteiger partial charge in [0.05, 0.1) is 11.9 Å². The molecule has 0 fully saturated rings. The molecule has 0 atom stereocenters. The van der Waals surface area contributed by atoms with Crippen molar-refractivity contribution in [1.29, 1.82) is 0 Å². The van der Waals surface area contributed by atoms with Gasteiger partial charge in [-0.3, -0.25) is 14.5 Å². The number of rotatable bonds is 4. The number of aromatic nitrogens is 4. The van der Waals surface area contributed by atoms with Crippen molar-refractivity contribution in [3.8, 4) is 5.69 Å². The molecule has 0 amide bonds. The average Bonchev–Trinajstić information content (AvgIpc) is 3.11. The van der Waals surface area contributed by atoms with Crippen LogP contribution in [0.15, 0.2) is 64.7 Å². The first kappa shape index (κ1) is 16.8. The Hall–Kier alpha value is -2.64. The van der Waals surface area contributed by atoms with Crippen LogP contribution in [0.3, 0.4) is 0 Å². The Morgan fingerprint density at radius 2 is 1.96 bits per heavy atom. The van der Waals surface area contributed by atoms with Crippen LogP contribution in [0.5, 0.6) is 0 Å². The third-order valence-electron chi connectivity index (χ3n) is 3.87. The fourth-order valence-electron chi connectivity index (χ4n) is 2.58. The molecule has 0 aliphatic heterocycles. The van der Waals surface area contributed by atoms with Gasteiger partial charge in [0.25, 0.3) is 5.56 Å². The van der Waals surface area contributed by atoms with Crippen molar-refractivity contribution in [3.63, 3.8) is 0 Å². The molecule has 26 heavy (non-hydrogen) atoms. The summed E-state index contributed by atoms with van der Waals surface area (Å²) >= 11 is 7.34. The van der Waals surface area contributed by atoms with Gasteiger partial charge in [-0.2, -0.15) is 5.10 Å². The molecule has 0 radical (unpaired) electrons. The quantitative estimate of drug-likeness (QED) is 0.422. The zero-order valence-corrected chi connectivity index (χ0v) is 14.9. The smallest absolute Gasteiger partial charge is 0.268 e. The minimum atomic E-state index is -0.388. The Bertz CT molecular complexity index is 1120. The van der Waals surface area contributed by atoms with Crippen LogP contribution in [-0.4, -0.2) is 19.7 Å². The molecule has 4 aromatic rings. The number of para-hydroxylation sites is 1. The summed E-state index contributed by atoms with van der Waals surface area (Å²) in [7, 11) is 0. The minimum Gasteiger partial charge on any atom is -0.268 e. The lowest BCUT2D eigenvalue weighted by Gasteiger charge is -2.12. The third-order valence-corrected chi connectivity index (χ3v) is 5.19. The van der Waals surface area contributed by atoms with Crippen molar-refractivity contribution in [2.75, 3.05) is 0 Å². The lowest BCUT2D eigenvalue weighted by Crippen LogP contribution is -2.21. The standard InChI is InChI=1S/C18H12ClFN4OS/c19-14-7-4-8-15(20)13(14)10-26-18-22-16-12(9-21-23-16)17(25)24(18)11-5-2-1-3-6-11/h1-9H,10H2,(H,21,23). The maximum atomic E-state index is 14.1. The highest BCUT2D eigenvalue weighted by Crippen LogP contribution is 2.28. The van der Waals surface area contributed by atoms with Crippen LogP contribution in [0.4, 0.5) is 4.39 Å². The minimum absolute atomic E-state index is 0.239. The van der Waals surface area contributed by atoms with Crippen molar-refractivity contribution in [2.24, 2.45) is 0 Å². The highest BCUT2D eigenvalue weighted by molar-refractivity contribution is 7.98. The molecule has 2 aromatic heterocycles. The van der Waals surface area contributed by atoms with E-state index >= 15 is 0 Å². The van der Waals surface area contributed by atoms with Gasteiger partial charge in [0.2, 0.25) is 0 Å². The third kappa shape index (κ3) is 3.00. The van der Waals surface area contributed by atoms with Crippen LogP contribution in [0.1, 0.15) is 5.56 Å². The fraction of sp³-hybridized carbons (Fsp3) is 0.0556. The molecule has 0 aliphatic carbocycles. The first-order valence-corrected chi connectivity index (χ1v) is 9.09. The molecule has 0 spiro atoms. The highest BCUT2D eigenvalue weighted by atomic mass is 35.5. The van der Waals surface area contributed by atoms with Crippen LogP contribution in [0.2, 0.25) is 5.02 Å². The van der Waals surface area contributed by atoms with Gasteiger partial charge in [-0.25, -0.2) is 9.37 Å². The molecule has 4 rings (SSSR count). The predicted molar refractivity (Wildman–Crippen MR) is 100 cm³/mol. The number of hydrogen-bond donors (Lipinski definition) is 1. The lowest BCUT2D eigenvalue weighted by atomic mass is 10.2. The van der Waals surface area contributed by atoms with E-state index < -0.39 is 0 Å². The SMILES string of the molecule is O=c1c2cn[nH]c2nc(SCc2c(F)cccc2Cl)n1-c1ccccc1. The topological polar surface area (TPSA) is 63.6 Å². The molecule has 8 heteroatoms. The Labute approximate surface area is 156 Å². The second-order valence-corrected chi connectivity index (χ2v) is 6.84. The van der Waals surface area contributed by atoms with Crippen molar-refractivity contribution in [1.82, 2.24) is 19.7 Å². The molecule has 130 valence electrons. The summed E-state index contributed by atoms with van der Waals surface area (Å²) in [6.45, 7) is 0. The number of fused-ring (bicyclic) bond motifs is 1. The number of halogens is 2. The Balaban J connectivity index is 1.82. The van der Waals surface area contributed by atoms with E-state index in [0.29, 0.717) is 32.5 Å². The molecular weight excluding hydrogens is 375 g/mol. The molecule has 2 aromatic carbocycles. The summed E-state index contributed by atoms with van der Waals surface area (Å²) in [6.07, 6.45) is 1.45. The summed E-state index contributed by atoms with van der Waals surface area (Å²) in [4.78, 5) is 17.4. The van der Waals surface area contributed by atoms with Crippen molar-refractivity contribution in [3.05, 3.63) is 81.5 Å². The van der Waals surface area contributed by atoms with E-state index in [1.54, 1.807) is 12.1 Å². The van der Waals surface area contributed by atoms with Gasteiger partial charge in [0.1, 0.15) is 11.2 Å². The second-order valence-electron chi connectivity index (χ2n) is 5.49. The molecule has 2 heterocycles. The van der Waals surface area contributed by atoms with Crippen LogP contribution in [0.25, 0.3) is 16.7 Å². The summed E-state index contributed by atoms with van der Waals surface area (Å²) in [5.41, 5.74) is 1.20. The summed E-state index contributed by atoms with van der Waals surface area (Å²) in [6, 6.07) is 13.7. The number of nitrogens with zero attached hydrogens (tertiary/aromatic N) is 3. The van der Waals surface area contributed by atoms with E-state index in [9.17, 15) is 9.18 Å². The number of nitrogens with one attached hydrogen (secondary N) is 1. The lowest BCUT2D eigenvalue weighted by molar-refractivity contribution is 0.617. The Morgan fingerprint density at radius 3 is 2.73 bits per heavy atom. The van der Waals surface area contributed by atoms with Gasteiger partial charge < -0.3 is 0 Å². The molecule has 0 aliphatic rings. The molecule has 0 saturated heterocycles. The summed E-state index contributed by atoms with van der Waals surface area (Å²) in [5.74, 6) is -0.147. The zero-order valence-electron chi connectivity index (χ0n) is 13.3. The molecule has 1 N–H and O–H groups in total. The van der Waals surface area contributed by atoms with Crippen molar-refractivity contribution >= 4 is 34.4 Å². The second kappa shape index (κ2) is 6.93. The van der Waals surface area contributed by atoms with Crippen LogP contribution in [0, 0.1) is 5.82 Å². The monoisotopic (exact) mass is 386 g/mol. The molecule has 0 bridgehead atoms. The number of thioether (sulfide) groups is 1. The van der Waals surface area contributed by atoms with Gasteiger partial charge in [-0.15, -0.1) is 0 Å². The average molecular weight is 387 g/mol. The number of aromatic amines is 1. The van der Waals surface area contributed by atoms with E-state index in [0.717, 1.165) is 0 Å². The largest absolute Gasteiger partial charge is 0.269 e. The highest BCUT2D eigenvalue weighted by Gasteiger charge is 2.16. The van der Waals surface area contributed by atoms with Crippen LogP contribution < -0.4 is 5.56 Å². The molecular formula is C18H12ClFN4OS. The predicted octanol–water partition coefficient (Wildman–Crippen LogP) is 4.19. The van der Waals surface area contributed by atoms with Gasteiger partial charge in [-0.1, -0.05) is 47.6 Å². The zero-order chi connectivity index (χ0) is 18.1. The Kier molecular flexibility index (Phi) is 4.48. The first-order chi connectivity index (χ1) is 12.6. The fourth-order valence-corrected chi connectivity index (χ4v) is 3.93. The van der Waals surface area contributed by atoms with Gasteiger partial charge in [-0.05, 0) is 24.3 Å². The van der Waals surface area contributed by atoms with Gasteiger partial charge in [0, 0.05) is 16.3 Å². The van der Waals surface area contributed by atoms with E-state index in [-0.39, 0.29) is 17.1 Å². The summed E-state index contributed by atoms with van der Waals surface area (Å²) in [5, 5.41) is 7.77. The number of H-pyrrole nitrogens is 1. The Morgan fingerprint density at radius 1 is 1.15 bits per heavy atom.